The molecule has 0 spiro atoms. The van der Waals surface area contributed by atoms with E-state index in [1.54, 1.807) is 0 Å². The fourth-order valence-electron chi connectivity index (χ4n) is 3.40. The van der Waals surface area contributed by atoms with Crippen molar-refractivity contribution in [3.05, 3.63) is 0 Å². The average molecular weight is 348 g/mol. The fourth-order valence-corrected chi connectivity index (χ4v) is 4.59. The van der Waals surface area contributed by atoms with Crippen LogP contribution in [0.2, 0.25) is 0 Å². The molecule has 0 aromatic carbocycles. The molecule has 1 amide bonds. The van der Waals surface area contributed by atoms with Crippen molar-refractivity contribution in [3.8, 4) is 0 Å². The number of nitrogens with one attached hydrogen (secondary N) is 1. The second-order valence-electron chi connectivity index (χ2n) is 8.60. The van der Waals surface area contributed by atoms with Gasteiger partial charge in [-0.15, -0.1) is 0 Å². The highest BCUT2D eigenvalue weighted by Crippen LogP contribution is 2.28. The first-order valence-corrected chi connectivity index (χ1v) is 9.64. The lowest BCUT2D eigenvalue weighted by atomic mass is 9.81. The largest absolute Gasteiger partial charge is 0.351 e. The van der Waals surface area contributed by atoms with Gasteiger partial charge in [0.15, 0.2) is 0 Å². The quantitative estimate of drug-likeness (QED) is 0.825. The van der Waals surface area contributed by atoms with Crippen molar-refractivity contribution >= 4 is 16.1 Å². The van der Waals surface area contributed by atoms with Crippen molar-refractivity contribution in [1.82, 2.24) is 13.9 Å². The third kappa shape index (κ3) is 6.04. The van der Waals surface area contributed by atoms with Gasteiger partial charge in [-0.05, 0) is 38.5 Å². The molecule has 1 saturated heterocycles. The van der Waals surface area contributed by atoms with Gasteiger partial charge in [0.25, 0.3) is 10.2 Å². The van der Waals surface area contributed by atoms with Crippen LogP contribution in [0, 0.1) is 11.3 Å². The Bertz CT molecular complexity index is 521. The third-order valence-electron chi connectivity index (χ3n) is 3.98. The molecular weight excluding hydrogens is 314 g/mol. The van der Waals surface area contributed by atoms with Crippen molar-refractivity contribution in [2.75, 3.05) is 27.2 Å². The minimum Gasteiger partial charge on any atom is -0.351 e. The van der Waals surface area contributed by atoms with E-state index in [0.29, 0.717) is 13.0 Å². The summed E-state index contributed by atoms with van der Waals surface area (Å²) in [4.78, 5) is 12.6. The van der Waals surface area contributed by atoms with Crippen molar-refractivity contribution < 1.29 is 13.2 Å². The van der Waals surface area contributed by atoms with Gasteiger partial charge in [0, 0.05) is 32.7 Å². The van der Waals surface area contributed by atoms with Crippen LogP contribution in [-0.2, 0) is 15.0 Å². The SMILES string of the molecule is CN(C)S(=O)(=O)N1CCC[C@@H](C(=O)NC(C)(C)CC(C)(C)C)C1. The van der Waals surface area contributed by atoms with Crippen molar-refractivity contribution in [1.29, 1.82) is 0 Å². The maximum atomic E-state index is 12.6. The highest BCUT2D eigenvalue weighted by atomic mass is 32.2. The number of rotatable bonds is 5. The number of carbonyl (C=O) groups is 1. The van der Waals surface area contributed by atoms with E-state index in [4.69, 9.17) is 0 Å². The van der Waals surface area contributed by atoms with Gasteiger partial charge in [0.2, 0.25) is 5.91 Å². The summed E-state index contributed by atoms with van der Waals surface area (Å²) in [6.45, 7) is 11.2. The minimum absolute atomic E-state index is 0.0436. The molecule has 1 aliphatic heterocycles. The minimum atomic E-state index is -3.45. The predicted octanol–water partition coefficient (Wildman–Crippen LogP) is 1.84. The van der Waals surface area contributed by atoms with Gasteiger partial charge >= 0.3 is 0 Å². The number of hydrogen-bond donors (Lipinski definition) is 1. The second kappa shape index (κ2) is 7.07. The molecule has 0 radical (unpaired) electrons. The Kier molecular flexibility index (Phi) is 6.27. The van der Waals surface area contributed by atoms with Gasteiger partial charge in [0.05, 0.1) is 5.92 Å². The molecular formula is C16H33N3O3S. The number of amides is 1. The zero-order valence-corrected chi connectivity index (χ0v) is 16.5. The first-order chi connectivity index (χ1) is 10.2. The van der Waals surface area contributed by atoms with E-state index in [1.807, 2.05) is 13.8 Å². The smallest absolute Gasteiger partial charge is 0.281 e. The third-order valence-corrected chi connectivity index (χ3v) is 5.88. The van der Waals surface area contributed by atoms with Crippen LogP contribution in [0.5, 0.6) is 0 Å². The maximum Gasteiger partial charge on any atom is 0.281 e. The molecule has 1 fully saturated rings. The Labute approximate surface area is 141 Å². The fraction of sp³-hybridized carbons (Fsp3) is 0.938. The van der Waals surface area contributed by atoms with Crippen LogP contribution in [0.1, 0.15) is 53.9 Å². The van der Waals surface area contributed by atoms with E-state index in [9.17, 15) is 13.2 Å². The lowest BCUT2D eigenvalue weighted by Crippen LogP contribution is -2.53. The summed E-state index contributed by atoms with van der Waals surface area (Å²) in [5.41, 5.74) is -0.193. The molecule has 1 aliphatic rings. The standard InChI is InChI=1S/C16H33N3O3S/c1-15(2,3)12-16(4,5)17-14(20)13-9-8-10-19(11-13)23(21,22)18(6)7/h13H,8-12H2,1-7H3,(H,17,20)/t13-/m1/s1. The van der Waals surface area contributed by atoms with Crippen molar-refractivity contribution in [3.63, 3.8) is 0 Å². The topological polar surface area (TPSA) is 69.7 Å². The van der Waals surface area contributed by atoms with Crippen LogP contribution in [0.25, 0.3) is 0 Å². The predicted molar refractivity (Wildman–Crippen MR) is 93.2 cm³/mol. The van der Waals surface area contributed by atoms with Gasteiger partial charge in [0.1, 0.15) is 0 Å². The summed E-state index contributed by atoms with van der Waals surface area (Å²) in [7, 11) is -0.414. The zero-order valence-electron chi connectivity index (χ0n) is 15.6. The van der Waals surface area contributed by atoms with Gasteiger partial charge < -0.3 is 5.32 Å². The summed E-state index contributed by atoms with van der Waals surface area (Å²) in [5, 5.41) is 3.11. The monoisotopic (exact) mass is 347 g/mol. The summed E-state index contributed by atoms with van der Waals surface area (Å²) in [6.07, 6.45) is 2.31. The molecule has 1 heterocycles. The molecule has 0 aliphatic carbocycles. The van der Waals surface area contributed by atoms with E-state index in [2.05, 4.69) is 26.1 Å². The lowest BCUT2D eigenvalue weighted by Gasteiger charge is -2.37. The Hall–Kier alpha value is -0.660. The molecule has 6 nitrogen and oxygen atoms in total. The molecule has 7 heteroatoms. The molecule has 0 unspecified atom stereocenters. The lowest BCUT2D eigenvalue weighted by molar-refractivity contribution is -0.128. The molecule has 23 heavy (non-hydrogen) atoms. The van der Waals surface area contributed by atoms with Gasteiger partial charge in [-0.25, -0.2) is 0 Å². The van der Waals surface area contributed by atoms with E-state index in [0.717, 1.165) is 12.8 Å². The van der Waals surface area contributed by atoms with Crippen LogP contribution in [0.15, 0.2) is 0 Å². The number of nitrogens with zero attached hydrogens (tertiary/aromatic N) is 2. The highest BCUT2D eigenvalue weighted by molar-refractivity contribution is 7.86. The Balaban J connectivity index is 2.74. The van der Waals surface area contributed by atoms with Crippen molar-refractivity contribution in [2.24, 2.45) is 11.3 Å². The van der Waals surface area contributed by atoms with Gasteiger partial charge in [-0.3, -0.25) is 4.79 Å². The average Bonchev–Trinajstić information content (AvgIpc) is 2.35. The molecule has 0 saturated carbocycles. The van der Waals surface area contributed by atoms with Crippen LogP contribution in [-0.4, -0.2) is 55.7 Å². The van der Waals surface area contributed by atoms with E-state index in [1.165, 1.54) is 22.7 Å². The molecule has 0 aromatic rings. The van der Waals surface area contributed by atoms with Crippen LogP contribution >= 0.6 is 0 Å². The van der Waals surface area contributed by atoms with Crippen LogP contribution < -0.4 is 5.32 Å². The maximum absolute atomic E-state index is 12.6. The number of hydrogen-bond acceptors (Lipinski definition) is 3. The zero-order chi connectivity index (χ0) is 18.1. The second-order valence-corrected chi connectivity index (χ2v) is 10.7. The molecule has 1 atom stereocenters. The van der Waals surface area contributed by atoms with E-state index in [-0.39, 0.29) is 29.3 Å². The van der Waals surface area contributed by atoms with Gasteiger partial charge in [-0.1, -0.05) is 20.8 Å². The molecule has 0 bridgehead atoms. The molecule has 1 rings (SSSR count). The highest BCUT2D eigenvalue weighted by Gasteiger charge is 2.35. The number of piperidine rings is 1. The summed E-state index contributed by atoms with van der Waals surface area (Å²) >= 11 is 0. The summed E-state index contributed by atoms with van der Waals surface area (Å²) < 4.78 is 27.1. The van der Waals surface area contributed by atoms with Crippen LogP contribution in [0.4, 0.5) is 0 Å². The molecule has 136 valence electrons. The first kappa shape index (κ1) is 20.4. The molecule has 0 aromatic heterocycles. The molecule has 1 N–H and O–H groups in total. The Morgan fingerprint density at radius 2 is 1.78 bits per heavy atom. The van der Waals surface area contributed by atoms with E-state index < -0.39 is 10.2 Å². The number of carbonyl (C=O) groups excluding carboxylic acids is 1. The summed E-state index contributed by atoms with van der Waals surface area (Å²) in [5.74, 6) is -0.323. The van der Waals surface area contributed by atoms with Crippen LogP contribution in [0.3, 0.4) is 0 Å². The Morgan fingerprint density at radius 1 is 1.22 bits per heavy atom. The Morgan fingerprint density at radius 3 is 2.26 bits per heavy atom. The van der Waals surface area contributed by atoms with E-state index >= 15 is 0 Å². The van der Waals surface area contributed by atoms with Crippen molar-refractivity contribution in [2.45, 2.75) is 59.4 Å². The summed E-state index contributed by atoms with van der Waals surface area (Å²) in [6, 6.07) is 0. The van der Waals surface area contributed by atoms with Gasteiger partial charge in [-0.2, -0.15) is 17.0 Å². The normalized spacial score (nSPS) is 21.5. The first-order valence-electron chi connectivity index (χ1n) is 8.24.